The van der Waals surface area contributed by atoms with E-state index in [4.69, 9.17) is 0 Å². The molecule has 0 aliphatic carbocycles. The number of allylic oxidation sites excluding steroid dienone is 1. The van der Waals surface area contributed by atoms with Crippen LogP contribution in [0.5, 0.6) is 0 Å². The van der Waals surface area contributed by atoms with Crippen LogP contribution >= 0.6 is 11.3 Å². The van der Waals surface area contributed by atoms with E-state index >= 15 is 0 Å². The summed E-state index contributed by atoms with van der Waals surface area (Å²) in [4.78, 5) is 27.5. The molecule has 0 radical (unpaired) electrons. The monoisotopic (exact) mass is 473 g/mol. The Balaban J connectivity index is 1.64. The van der Waals surface area contributed by atoms with Gasteiger partial charge in [0.2, 0.25) is 5.91 Å². The average molecular weight is 474 g/mol. The molecule has 9 heteroatoms. The van der Waals surface area contributed by atoms with Gasteiger partial charge in [-0.1, -0.05) is 54.6 Å². The Morgan fingerprint density at radius 2 is 1.76 bits per heavy atom. The number of halogens is 3. The number of amides is 2. The molecule has 0 bridgehead atoms. The van der Waals surface area contributed by atoms with Crippen LogP contribution in [-0.4, -0.2) is 29.5 Å². The van der Waals surface area contributed by atoms with E-state index in [0.717, 1.165) is 35.3 Å². The van der Waals surface area contributed by atoms with Gasteiger partial charge < -0.3 is 5.32 Å². The van der Waals surface area contributed by atoms with Gasteiger partial charge in [-0.05, 0) is 24.0 Å². The molecule has 2 amide bonds. The second kappa shape index (κ2) is 10.9. The topological polar surface area (TPSA) is 71.1 Å². The molecule has 0 saturated carbocycles. The maximum Gasteiger partial charge on any atom is 0.417 e. The van der Waals surface area contributed by atoms with Crippen molar-refractivity contribution in [3.05, 3.63) is 77.2 Å². The van der Waals surface area contributed by atoms with Crippen LogP contribution in [0.2, 0.25) is 0 Å². The summed E-state index contributed by atoms with van der Waals surface area (Å²) in [7, 11) is 0. The molecule has 3 aromatic rings. The van der Waals surface area contributed by atoms with Gasteiger partial charge in [0, 0.05) is 30.5 Å². The summed E-state index contributed by atoms with van der Waals surface area (Å²) >= 11 is 1.13. The van der Waals surface area contributed by atoms with Gasteiger partial charge in [0.1, 0.15) is 0 Å². The van der Waals surface area contributed by atoms with Gasteiger partial charge in [0.05, 0.1) is 11.3 Å². The number of thiazole rings is 1. The summed E-state index contributed by atoms with van der Waals surface area (Å²) in [5.41, 5.74) is 1.44. The van der Waals surface area contributed by atoms with E-state index in [-0.39, 0.29) is 16.6 Å². The largest absolute Gasteiger partial charge is 0.417 e. The van der Waals surface area contributed by atoms with E-state index in [2.05, 4.69) is 15.6 Å². The molecule has 5 nitrogen and oxygen atoms in total. The number of nitrogens with one attached hydrogen (secondary N) is 2. The highest BCUT2D eigenvalue weighted by atomic mass is 32.1. The van der Waals surface area contributed by atoms with E-state index in [1.165, 1.54) is 31.2 Å². The van der Waals surface area contributed by atoms with Crippen LogP contribution in [0.1, 0.15) is 24.5 Å². The zero-order valence-electron chi connectivity index (χ0n) is 17.8. The van der Waals surface area contributed by atoms with Crippen molar-refractivity contribution in [3.63, 3.8) is 0 Å². The minimum absolute atomic E-state index is 0.0537. The fraction of sp³-hybridized carbons (Fsp3) is 0.208. The van der Waals surface area contributed by atoms with E-state index in [9.17, 15) is 22.8 Å². The summed E-state index contributed by atoms with van der Waals surface area (Å²) in [6, 6.07) is 14.9. The van der Waals surface area contributed by atoms with Crippen molar-refractivity contribution in [2.24, 2.45) is 0 Å². The fourth-order valence-electron chi connectivity index (χ4n) is 3.08. The van der Waals surface area contributed by atoms with Crippen molar-refractivity contribution in [1.82, 2.24) is 10.3 Å². The number of anilines is 1. The van der Waals surface area contributed by atoms with Crippen LogP contribution in [0.25, 0.3) is 16.8 Å². The Morgan fingerprint density at radius 3 is 2.39 bits per heavy atom. The molecule has 2 aromatic carbocycles. The summed E-state index contributed by atoms with van der Waals surface area (Å²) in [6.45, 7) is 2.09. The second-order valence-electron chi connectivity index (χ2n) is 7.23. The third kappa shape index (κ3) is 7.28. The van der Waals surface area contributed by atoms with E-state index in [1.807, 2.05) is 24.3 Å². The smallest absolute Gasteiger partial charge is 0.356 e. The Kier molecular flexibility index (Phi) is 8.00. The molecule has 172 valence electrons. The first-order chi connectivity index (χ1) is 15.7. The molecule has 0 fully saturated rings. The molecular formula is C24H22F3N3O2S. The van der Waals surface area contributed by atoms with Gasteiger partial charge in [-0.3, -0.25) is 14.9 Å². The van der Waals surface area contributed by atoms with E-state index < -0.39 is 17.7 Å². The molecule has 0 spiro atoms. The molecule has 0 unspecified atom stereocenters. The zero-order valence-corrected chi connectivity index (χ0v) is 18.6. The molecule has 0 saturated heterocycles. The van der Waals surface area contributed by atoms with Crippen molar-refractivity contribution in [2.45, 2.75) is 25.9 Å². The number of nitrogens with zero attached hydrogens (tertiary/aromatic N) is 1. The van der Waals surface area contributed by atoms with Crippen molar-refractivity contribution in [2.75, 3.05) is 11.9 Å². The molecule has 1 aromatic heterocycles. The highest BCUT2D eigenvalue weighted by Crippen LogP contribution is 2.34. The minimum Gasteiger partial charge on any atom is -0.356 e. The number of hydrogen-bond acceptors (Lipinski definition) is 4. The molecule has 33 heavy (non-hydrogen) atoms. The highest BCUT2D eigenvalue weighted by Gasteiger charge is 2.35. The lowest BCUT2D eigenvalue weighted by Crippen LogP contribution is -2.21. The first kappa shape index (κ1) is 24.2. The van der Waals surface area contributed by atoms with Gasteiger partial charge in [0.25, 0.3) is 5.91 Å². The third-order valence-corrected chi connectivity index (χ3v) is 5.42. The predicted octanol–water partition coefficient (Wildman–Crippen LogP) is 5.46. The summed E-state index contributed by atoms with van der Waals surface area (Å²) in [5, 5.41) is 7.11. The predicted molar refractivity (Wildman–Crippen MR) is 124 cm³/mol. The first-order valence-electron chi connectivity index (χ1n) is 10.2. The lowest BCUT2D eigenvalue weighted by molar-refractivity contribution is -0.119. The first-order valence-corrected chi connectivity index (χ1v) is 11.0. The van der Waals surface area contributed by atoms with Gasteiger partial charge in [-0.2, -0.15) is 13.2 Å². The number of carbonyl (C=O) groups is 2. The van der Waals surface area contributed by atoms with Gasteiger partial charge in [0.15, 0.2) is 5.13 Å². The maximum atomic E-state index is 13.4. The standard InChI is InChI=1S/C24H22F3N3O2S/c1-16(31)28-13-5-6-17-9-11-19(12-10-17)21-15-33-23(29-21)30-22(32)14-20(24(25,26)27)18-7-3-2-4-8-18/h2-4,7-12,14-15H,5-6,13H2,1H3,(H,28,31)(H,29,30,32)/b20-14-. The highest BCUT2D eigenvalue weighted by molar-refractivity contribution is 7.14. The van der Waals surface area contributed by atoms with E-state index in [0.29, 0.717) is 18.3 Å². The Hall–Kier alpha value is -3.46. The Bertz CT molecular complexity index is 1120. The average Bonchev–Trinajstić information content (AvgIpc) is 3.23. The number of hydrogen-bond donors (Lipinski definition) is 2. The quantitative estimate of drug-likeness (QED) is 0.337. The normalized spacial score (nSPS) is 11.8. The molecular weight excluding hydrogens is 451 g/mol. The van der Waals surface area contributed by atoms with Crippen molar-refractivity contribution in [1.29, 1.82) is 0 Å². The number of alkyl halides is 3. The summed E-state index contributed by atoms with van der Waals surface area (Å²) in [6.07, 6.45) is -2.49. The van der Waals surface area contributed by atoms with Crippen molar-refractivity contribution >= 4 is 33.9 Å². The third-order valence-electron chi connectivity index (χ3n) is 4.67. The lowest BCUT2D eigenvalue weighted by atomic mass is 10.1. The SMILES string of the molecule is CC(=O)NCCCc1ccc(-c2csc(NC(=O)/C=C(/c3ccccc3)C(F)(F)F)n2)cc1. The van der Waals surface area contributed by atoms with Crippen LogP contribution < -0.4 is 10.6 Å². The van der Waals surface area contributed by atoms with Crippen LogP contribution in [0.15, 0.2) is 66.1 Å². The number of carbonyl (C=O) groups excluding carboxylic acids is 2. The molecule has 0 atom stereocenters. The summed E-state index contributed by atoms with van der Waals surface area (Å²) < 4.78 is 40.2. The molecule has 0 aliphatic heterocycles. The maximum absolute atomic E-state index is 13.4. The van der Waals surface area contributed by atoms with Crippen molar-refractivity contribution in [3.8, 4) is 11.3 Å². The van der Waals surface area contributed by atoms with Crippen LogP contribution in [0, 0.1) is 0 Å². The van der Waals surface area contributed by atoms with Crippen LogP contribution in [0.3, 0.4) is 0 Å². The number of aryl methyl sites for hydroxylation is 1. The van der Waals surface area contributed by atoms with Gasteiger partial charge in [-0.25, -0.2) is 4.98 Å². The molecule has 3 rings (SSSR count). The molecule has 1 heterocycles. The molecule has 2 N–H and O–H groups in total. The minimum atomic E-state index is -4.67. The fourth-order valence-corrected chi connectivity index (χ4v) is 3.80. The Morgan fingerprint density at radius 1 is 1.06 bits per heavy atom. The zero-order chi connectivity index (χ0) is 23.8. The van der Waals surface area contributed by atoms with Crippen molar-refractivity contribution < 1.29 is 22.8 Å². The number of aromatic nitrogens is 1. The lowest BCUT2D eigenvalue weighted by Gasteiger charge is -2.11. The number of benzene rings is 2. The Labute approximate surface area is 193 Å². The van der Waals surface area contributed by atoms with Crippen LogP contribution in [0.4, 0.5) is 18.3 Å². The van der Waals surface area contributed by atoms with Gasteiger partial charge in [-0.15, -0.1) is 11.3 Å². The van der Waals surface area contributed by atoms with Crippen LogP contribution in [-0.2, 0) is 16.0 Å². The summed E-state index contributed by atoms with van der Waals surface area (Å²) in [5.74, 6) is -0.955. The second-order valence-corrected chi connectivity index (χ2v) is 8.09. The van der Waals surface area contributed by atoms with Gasteiger partial charge >= 0.3 is 6.18 Å². The van der Waals surface area contributed by atoms with E-state index in [1.54, 1.807) is 11.4 Å². The molecule has 0 aliphatic rings. The number of rotatable bonds is 8.